The number of carbonyl (C=O) groups is 2. The van der Waals surface area contributed by atoms with E-state index >= 15 is 0 Å². The van der Waals surface area contributed by atoms with Crippen LogP contribution in [-0.2, 0) is 27.1 Å². The summed E-state index contributed by atoms with van der Waals surface area (Å²) in [7, 11) is 0. The van der Waals surface area contributed by atoms with Gasteiger partial charge in [0, 0.05) is 11.6 Å². The van der Waals surface area contributed by atoms with Gasteiger partial charge in [0.05, 0.1) is 13.2 Å². The van der Waals surface area contributed by atoms with E-state index in [1.807, 2.05) is 6.92 Å². The fourth-order valence-corrected chi connectivity index (χ4v) is 2.04. The van der Waals surface area contributed by atoms with E-state index in [0.717, 1.165) is 17.2 Å². The zero-order valence-corrected chi connectivity index (χ0v) is 15.2. The lowest BCUT2D eigenvalue weighted by Gasteiger charge is -2.20. The molecule has 0 fully saturated rings. The minimum Gasteiger partial charge on any atom is -0.329 e. The van der Waals surface area contributed by atoms with Gasteiger partial charge in [0.2, 0.25) is 5.82 Å². The second-order valence-electron chi connectivity index (χ2n) is 5.77. The van der Waals surface area contributed by atoms with Gasteiger partial charge in [0.15, 0.2) is 5.78 Å². The molecule has 0 unspecified atom stereocenters. The highest BCUT2D eigenvalue weighted by Gasteiger charge is 2.38. The molecule has 0 aliphatic heterocycles. The van der Waals surface area contributed by atoms with E-state index in [9.17, 15) is 22.8 Å². The third kappa shape index (κ3) is 6.02. The zero-order valence-electron chi connectivity index (χ0n) is 15.2. The molecule has 28 heavy (non-hydrogen) atoms. The Balaban J connectivity index is 2.12. The molecule has 0 aliphatic carbocycles. The second-order valence-corrected chi connectivity index (χ2v) is 5.77. The van der Waals surface area contributed by atoms with E-state index < -0.39 is 18.0 Å². The fourth-order valence-electron chi connectivity index (χ4n) is 2.04. The Kier molecular flexibility index (Phi) is 7.05. The number of hydrogen-bond acceptors (Lipinski definition) is 6. The highest BCUT2D eigenvalue weighted by molar-refractivity contribution is 5.96. The zero-order chi connectivity index (χ0) is 20.7. The Morgan fingerprint density at radius 1 is 1.21 bits per heavy atom. The lowest BCUT2D eigenvalue weighted by molar-refractivity contribution is -0.184. The summed E-state index contributed by atoms with van der Waals surface area (Å²) in [6, 6.07) is 6.22. The predicted octanol–water partition coefficient (Wildman–Crippen LogP) is 3.57. The summed E-state index contributed by atoms with van der Waals surface area (Å²) in [5.41, 5.74) is 0.982. The van der Waals surface area contributed by atoms with Crippen molar-refractivity contribution in [2.45, 2.75) is 33.0 Å². The molecule has 1 amide bonds. The van der Waals surface area contributed by atoms with Crippen molar-refractivity contribution in [3.8, 4) is 11.4 Å². The number of allylic oxidation sites excluding steroid dienone is 1. The lowest BCUT2D eigenvalue weighted by Crippen LogP contribution is -2.29. The van der Waals surface area contributed by atoms with Gasteiger partial charge in [-0.25, -0.2) is 5.06 Å². The second kappa shape index (κ2) is 9.27. The number of hydroxylamine groups is 2. The van der Waals surface area contributed by atoms with Gasteiger partial charge in [0.1, 0.15) is 0 Å². The molecule has 2 rings (SSSR count). The first-order chi connectivity index (χ1) is 13.2. The van der Waals surface area contributed by atoms with Gasteiger partial charge in [-0.3, -0.25) is 14.4 Å². The number of rotatable bonds is 8. The van der Waals surface area contributed by atoms with Crippen molar-refractivity contribution >= 4 is 11.7 Å². The third-order valence-corrected chi connectivity index (χ3v) is 3.36. The van der Waals surface area contributed by atoms with Crippen LogP contribution in [0.15, 0.2) is 40.9 Å². The Bertz CT molecular complexity index is 845. The number of nitrogens with zero attached hydrogens (tertiary/aromatic N) is 3. The third-order valence-electron chi connectivity index (χ3n) is 3.36. The molecule has 0 atom stereocenters. The molecular formula is C18H18F3N3O4. The molecule has 7 nitrogen and oxygen atoms in total. The normalized spacial score (nSPS) is 11.8. The monoisotopic (exact) mass is 397 g/mol. The van der Waals surface area contributed by atoms with Crippen LogP contribution in [0.3, 0.4) is 0 Å². The molecule has 1 heterocycles. The van der Waals surface area contributed by atoms with Crippen LogP contribution < -0.4 is 0 Å². The number of aromatic nitrogens is 2. The number of benzene rings is 1. The first kappa shape index (κ1) is 21.3. The SMILES string of the molecule is CCCON(Cc1ccc(-c2noc(C(F)(F)F)n2)cc1)C(=O)C=CC(C)=O. The van der Waals surface area contributed by atoms with Crippen LogP contribution in [-0.4, -0.2) is 33.5 Å². The Hall–Kier alpha value is -3.01. The van der Waals surface area contributed by atoms with E-state index in [1.165, 1.54) is 19.1 Å². The van der Waals surface area contributed by atoms with Gasteiger partial charge < -0.3 is 4.52 Å². The highest BCUT2D eigenvalue weighted by atomic mass is 19.4. The topological polar surface area (TPSA) is 85.5 Å². The quantitative estimate of drug-likeness (QED) is 0.500. The summed E-state index contributed by atoms with van der Waals surface area (Å²) in [5, 5.41) is 4.42. The summed E-state index contributed by atoms with van der Waals surface area (Å²) in [4.78, 5) is 31.9. The predicted molar refractivity (Wildman–Crippen MR) is 91.4 cm³/mol. The van der Waals surface area contributed by atoms with Crippen LogP contribution in [0.25, 0.3) is 11.4 Å². The summed E-state index contributed by atoms with van der Waals surface area (Å²) < 4.78 is 41.8. The van der Waals surface area contributed by atoms with Crippen molar-refractivity contribution in [2.24, 2.45) is 0 Å². The Morgan fingerprint density at radius 2 is 1.89 bits per heavy atom. The largest absolute Gasteiger partial charge is 0.471 e. The minimum atomic E-state index is -4.71. The van der Waals surface area contributed by atoms with E-state index in [4.69, 9.17) is 4.84 Å². The summed E-state index contributed by atoms with van der Waals surface area (Å²) in [6.07, 6.45) is -1.78. The summed E-state index contributed by atoms with van der Waals surface area (Å²) in [6.45, 7) is 3.59. The Morgan fingerprint density at radius 3 is 2.43 bits per heavy atom. The van der Waals surface area contributed by atoms with Gasteiger partial charge in [-0.05, 0) is 25.0 Å². The fraction of sp³-hybridized carbons (Fsp3) is 0.333. The van der Waals surface area contributed by atoms with Crippen molar-refractivity contribution in [1.82, 2.24) is 15.2 Å². The molecule has 0 saturated heterocycles. The molecule has 0 bridgehead atoms. The van der Waals surface area contributed by atoms with Gasteiger partial charge in [-0.2, -0.15) is 18.2 Å². The molecule has 2 aromatic rings. The molecule has 0 radical (unpaired) electrons. The molecule has 1 aromatic carbocycles. The molecule has 150 valence electrons. The molecule has 0 spiro atoms. The minimum absolute atomic E-state index is 0.0847. The first-order valence-electron chi connectivity index (χ1n) is 8.34. The van der Waals surface area contributed by atoms with Gasteiger partial charge in [-0.15, -0.1) is 0 Å². The molecular weight excluding hydrogens is 379 g/mol. The van der Waals surface area contributed by atoms with Gasteiger partial charge >= 0.3 is 12.1 Å². The van der Waals surface area contributed by atoms with E-state index in [-0.39, 0.29) is 18.2 Å². The van der Waals surface area contributed by atoms with Gasteiger partial charge in [0.25, 0.3) is 5.91 Å². The van der Waals surface area contributed by atoms with Crippen molar-refractivity contribution in [2.75, 3.05) is 6.61 Å². The molecule has 10 heteroatoms. The molecule has 0 aliphatic rings. The summed E-state index contributed by atoms with van der Waals surface area (Å²) in [5.74, 6) is -2.39. The average Bonchev–Trinajstić information content (AvgIpc) is 3.14. The van der Waals surface area contributed by atoms with Crippen molar-refractivity contribution in [3.05, 3.63) is 47.9 Å². The number of hydrogen-bond donors (Lipinski definition) is 0. The number of halogens is 3. The number of ketones is 1. The van der Waals surface area contributed by atoms with Crippen molar-refractivity contribution in [1.29, 1.82) is 0 Å². The van der Waals surface area contributed by atoms with Crippen molar-refractivity contribution in [3.63, 3.8) is 0 Å². The standard InChI is InChI=1S/C18H18F3N3O4/c1-3-10-27-24(15(26)9-4-12(2)25)11-13-5-7-14(8-6-13)16-22-17(28-23-16)18(19,20)21/h4-9H,3,10-11H2,1-2H3. The van der Waals surface area contributed by atoms with Crippen LogP contribution in [0.5, 0.6) is 0 Å². The average molecular weight is 397 g/mol. The van der Waals surface area contributed by atoms with Crippen LogP contribution in [0, 0.1) is 0 Å². The van der Waals surface area contributed by atoms with E-state index in [1.54, 1.807) is 12.1 Å². The lowest BCUT2D eigenvalue weighted by atomic mass is 10.1. The smallest absolute Gasteiger partial charge is 0.329 e. The van der Waals surface area contributed by atoms with E-state index in [0.29, 0.717) is 24.2 Å². The molecule has 1 aromatic heterocycles. The molecule has 0 saturated carbocycles. The number of alkyl halides is 3. The van der Waals surface area contributed by atoms with Crippen LogP contribution in [0.1, 0.15) is 31.7 Å². The van der Waals surface area contributed by atoms with Gasteiger partial charge in [-0.1, -0.05) is 36.3 Å². The van der Waals surface area contributed by atoms with E-state index in [2.05, 4.69) is 14.7 Å². The van der Waals surface area contributed by atoms with Crippen molar-refractivity contribution < 1.29 is 32.1 Å². The molecule has 0 N–H and O–H groups in total. The number of carbonyl (C=O) groups excluding carboxylic acids is 2. The van der Waals surface area contributed by atoms with Crippen LogP contribution in [0.2, 0.25) is 0 Å². The first-order valence-corrected chi connectivity index (χ1v) is 8.34. The number of amides is 1. The maximum atomic E-state index is 12.5. The maximum absolute atomic E-state index is 12.5. The highest BCUT2D eigenvalue weighted by Crippen LogP contribution is 2.29. The summed E-state index contributed by atoms with van der Waals surface area (Å²) >= 11 is 0. The Labute approximate surface area is 158 Å². The van der Waals surface area contributed by atoms with Crippen LogP contribution >= 0.6 is 0 Å². The maximum Gasteiger partial charge on any atom is 0.471 e. The van der Waals surface area contributed by atoms with Crippen LogP contribution in [0.4, 0.5) is 13.2 Å².